The number of allylic oxidation sites excluding steroid dienone is 1. The van der Waals surface area contributed by atoms with Gasteiger partial charge in [-0.2, -0.15) is 0 Å². The number of aliphatic imine (C=N–C) groups is 1. The van der Waals surface area contributed by atoms with Gasteiger partial charge in [0.1, 0.15) is 17.2 Å². The number of hydrogen-bond acceptors (Lipinski definition) is 5. The predicted molar refractivity (Wildman–Crippen MR) is 129 cm³/mol. The van der Waals surface area contributed by atoms with Crippen molar-refractivity contribution in [3.8, 4) is 0 Å². The number of carbonyl (C=O) groups is 1. The minimum Gasteiger partial charge on any atom is -0.356 e. The molecule has 1 saturated carbocycles. The number of rotatable bonds is 8. The van der Waals surface area contributed by atoms with E-state index in [0.717, 1.165) is 31.4 Å². The van der Waals surface area contributed by atoms with Crippen molar-refractivity contribution < 1.29 is 22.4 Å². The Hall–Kier alpha value is -3.24. The van der Waals surface area contributed by atoms with Gasteiger partial charge in [-0.15, -0.1) is 0 Å². The van der Waals surface area contributed by atoms with E-state index >= 15 is 0 Å². The lowest BCUT2D eigenvalue weighted by Crippen LogP contribution is -2.34. The van der Waals surface area contributed by atoms with Crippen molar-refractivity contribution in [1.29, 1.82) is 0 Å². The Morgan fingerprint density at radius 2 is 2.03 bits per heavy atom. The first-order valence-corrected chi connectivity index (χ1v) is 12.8. The Balaban J connectivity index is 1.12. The van der Waals surface area contributed by atoms with Crippen molar-refractivity contribution in [2.24, 2.45) is 22.7 Å². The van der Waals surface area contributed by atoms with Crippen LogP contribution in [0.1, 0.15) is 60.8 Å². The number of nitrogens with zero attached hydrogens (tertiary/aromatic N) is 5. The molecule has 2 aromatic rings. The van der Waals surface area contributed by atoms with Crippen LogP contribution in [0.3, 0.4) is 0 Å². The lowest BCUT2D eigenvalue weighted by atomic mass is 9.96. The number of imidazole rings is 1. The number of alkyl halides is 4. The van der Waals surface area contributed by atoms with Crippen LogP contribution in [0.5, 0.6) is 0 Å². The normalized spacial score (nSPS) is 27.2. The Labute approximate surface area is 211 Å². The molecule has 0 spiro atoms. The Kier molecular flexibility index (Phi) is 5.83. The van der Waals surface area contributed by atoms with E-state index in [2.05, 4.69) is 27.2 Å². The number of carbonyl (C=O) groups excluding carboxylic acids is 1. The molecule has 196 valence electrons. The van der Waals surface area contributed by atoms with Crippen LogP contribution < -0.4 is 10.2 Å². The predicted octanol–water partition coefficient (Wildman–Crippen LogP) is 4.61. The zero-order valence-electron chi connectivity index (χ0n) is 20.4. The Morgan fingerprint density at radius 3 is 2.76 bits per heavy atom. The van der Waals surface area contributed by atoms with Crippen molar-refractivity contribution in [2.75, 3.05) is 18.0 Å². The highest BCUT2D eigenvalue weighted by atomic mass is 19.3. The molecule has 11 heteroatoms. The third-order valence-corrected chi connectivity index (χ3v) is 8.05. The molecule has 3 unspecified atom stereocenters. The number of pyridine rings is 1. The van der Waals surface area contributed by atoms with Gasteiger partial charge in [0.25, 0.3) is 18.3 Å². The second-order valence-electron chi connectivity index (χ2n) is 10.4. The second-order valence-corrected chi connectivity index (χ2v) is 10.4. The smallest absolute Gasteiger partial charge is 0.280 e. The summed E-state index contributed by atoms with van der Waals surface area (Å²) in [6.07, 6.45) is 5.95. The summed E-state index contributed by atoms with van der Waals surface area (Å²) in [6, 6.07) is 2.99. The molecule has 1 N–H and O–H groups in total. The summed E-state index contributed by atoms with van der Waals surface area (Å²) in [4.78, 5) is 27.3. The van der Waals surface area contributed by atoms with Gasteiger partial charge >= 0.3 is 0 Å². The molecule has 0 aromatic carbocycles. The quantitative estimate of drug-likeness (QED) is 0.520. The molecule has 2 aliphatic heterocycles. The highest BCUT2D eigenvalue weighted by molar-refractivity contribution is 5.92. The summed E-state index contributed by atoms with van der Waals surface area (Å²) >= 11 is 0. The van der Waals surface area contributed by atoms with Crippen LogP contribution in [0, 0.1) is 17.8 Å². The second kappa shape index (κ2) is 8.95. The summed E-state index contributed by atoms with van der Waals surface area (Å²) in [7, 11) is 0. The van der Waals surface area contributed by atoms with E-state index in [-0.39, 0.29) is 48.7 Å². The van der Waals surface area contributed by atoms with Crippen molar-refractivity contribution >= 4 is 17.9 Å². The van der Waals surface area contributed by atoms with Gasteiger partial charge in [0.05, 0.1) is 36.4 Å². The maximum atomic E-state index is 13.8. The molecule has 1 amide bonds. The van der Waals surface area contributed by atoms with Crippen LogP contribution in [0.15, 0.2) is 40.9 Å². The Morgan fingerprint density at radius 1 is 1.24 bits per heavy atom. The van der Waals surface area contributed by atoms with Gasteiger partial charge in [-0.25, -0.2) is 27.5 Å². The van der Waals surface area contributed by atoms with Crippen LogP contribution >= 0.6 is 0 Å². The van der Waals surface area contributed by atoms with Gasteiger partial charge in [-0.1, -0.05) is 19.4 Å². The molecule has 37 heavy (non-hydrogen) atoms. The van der Waals surface area contributed by atoms with E-state index in [9.17, 15) is 22.4 Å². The molecule has 0 radical (unpaired) electrons. The van der Waals surface area contributed by atoms with Crippen molar-refractivity contribution in [1.82, 2.24) is 19.9 Å². The molecule has 2 aromatic heterocycles. The van der Waals surface area contributed by atoms with Crippen LogP contribution in [0.4, 0.5) is 23.4 Å². The number of hydrogen-bond donors (Lipinski definition) is 1. The summed E-state index contributed by atoms with van der Waals surface area (Å²) < 4.78 is 56.3. The lowest BCUT2D eigenvalue weighted by molar-refractivity contribution is 0.0796. The average molecular weight is 517 g/mol. The van der Waals surface area contributed by atoms with Crippen molar-refractivity contribution in [3.63, 3.8) is 0 Å². The van der Waals surface area contributed by atoms with E-state index in [4.69, 9.17) is 0 Å². The van der Waals surface area contributed by atoms with Crippen LogP contribution in [0.25, 0.3) is 0 Å². The largest absolute Gasteiger partial charge is 0.356 e. The van der Waals surface area contributed by atoms with E-state index in [0.29, 0.717) is 5.92 Å². The number of piperidine rings is 1. The van der Waals surface area contributed by atoms with E-state index < -0.39 is 29.9 Å². The summed E-state index contributed by atoms with van der Waals surface area (Å²) in [5.41, 5.74) is 2.36. The van der Waals surface area contributed by atoms with Crippen molar-refractivity contribution in [3.05, 3.63) is 52.9 Å². The maximum Gasteiger partial charge on any atom is 0.280 e. The first-order chi connectivity index (χ1) is 17.8. The third-order valence-electron chi connectivity index (χ3n) is 8.05. The van der Waals surface area contributed by atoms with Crippen LogP contribution in [-0.2, 0) is 6.54 Å². The zero-order valence-corrected chi connectivity index (χ0v) is 20.4. The topological polar surface area (TPSA) is 75.4 Å². The molecule has 7 nitrogen and oxygen atoms in total. The lowest BCUT2D eigenvalue weighted by Gasteiger charge is -2.22. The molecule has 2 fully saturated rings. The molecule has 4 heterocycles. The van der Waals surface area contributed by atoms with E-state index in [1.807, 2.05) is 6.21 Å². The third kappa shape index (κ3) is 4.21. The fraction of sp³-hybridized carbons (Fsp3) is 0.538. The number of aromatic nitrogens is 3. The fourth-order valence-corrected chi connectivity index (χ4v) is 5.98. The standard InChI is InChI=1S/C26H28F4N6O/c1-2-3-14-8-31-23-16(14)5-6-19(23)33-25(37)20-12-35(13-32-20)9-15-4-7-21(34-22(15)24(27)28)36-10-17-18(11-36)26(17,29)30/h4,7-8,12-14,17-19,24H,2-3,5-6,9-11H2,1H3,(H,33,37)/t14?,17?,18?,19-/m1/s1. The van der Waals surface area contributed by atoms with Gasteiger partial charge in [0.15, 0.2) is 0 Å². The summed E-state index contributed by atoms with van der Waals surface area (Å²) in [5, 5.41) is 3.01. The highest BCUT2D eigenvalue weighted by Gasteiger charge is 2.71. The number of amides is 1. The van der Waals surface area contributed by atoms with E-state index in [1.54, 1.807) is 21.6 Å². The van der Waals surface area contributed by atoms with Gasteiger partial charge in [-0.3, -0.25) is 9.79 Å². The highest BCUT2D eigenvalue weighted by Crippen LogP contribution is 2.59. The molecular weight excluding hydrogens is 488 g/mol. The summed E-state index contributed by atoms with van der Waals surface area (Å²) in [5.74, 6) is -3.77. The SMILES string of the molecule is CCCC1C=NC2=C1CC[C@H]2NC(=O)c1cn(Cc2ccc(N3CC4C(C3)C4(F)F)nc2C(F)F)cn1. The van der Waals surface area contributed by atoms with E-state index in [1.165, 1.54) is 18.1 Å². The number of anilines is 1. The Bertz CT molecular complexity index is 1270. The van der Waals surface area contributed by atoms with Gasteiger partial charge in [-0.05, 0) is 36.5 Å². The van der Waals surface area contributed by atoms with Crippen molar-refractivity contribution in [2.45, 2.75) is 57.5 Å². The first-order valence-electron chi connectivity index (χ1n) is 12.8. The number of halogens is 4. The minimum atomic E-state index is -2.83. The first kappa shape index (κ1) is 24.1. The van der Waals surface area contributed by atoms with Gasteiger partial charge in [0.2, 0.25) is 0 Å². The summed E-state index contributed by atoms with van der Waals surface area (Å²) in [6.45, 7) is 2.44. The molecule has 4 aliphatic rings. The molecular formula is C26H28F4N6O. The fourth-order valence-electron chi connectivity index (χ4n) is 5.98. The molecule has 0 bridgehead atoms. The monoisotopic (exact) mass is 516 g/mol. The maximum absolute atomic E-state index is 13.8. The number of fused-ring (bicyclic) bond motifs is 1. The van der Waals surface area contributed by atoms with Gasteiger partial charge in [0, 0.05) is 31.4 Å². The minimum absolute atomic E-state index is 0.0538. The molecule has 2 aliphatic carbocycles. The average Bonchev–Trinajstić information content (AvgIpc) is 3.51. The van der Waals surface area contributed by atoms with Crippen LogP contribution in [0.2, 0.25) is 0 Å². The molecule has 1 saturated heterocycles. The number of nitrogens with one attached hydrogen (secondary N) is 1. The van der Waals surface area contributed by atoms with Crippen LogP contribution in [-0.4, -0.2) is 51.7 Å². The molecule has 6 rings (SSSR count). The van der Waals surface area contributed by atoms with Gasteiger partial charge < -0.3 is 14.8 Å². The zero-order chi connectivity index (χ0) is 25.9. The molecule has 4 atom stereocenters.